The first kappa shape index (κ1) is 22.8. The molecule has 33 heavy (non-hydrogen) atoms. The van der Waals surface area contributed by atoms with Gasteiger partial charge in [-0.05, 0) is 26.2 Å². The quantitative estimate of drug-likeness (QED) is 0.593. The zero-order chi connectivity index (χ0) is 23.8. The molecular weight excluding hydrogens is 435 g/mol. The van der Waals surface area contributed by atoms with Gasteiger partial charge in [0.25, 0.3) is 0 Å². The molecule has 2 N–H and O–H groups in total. The Morgan fingerprint density at radius 2 is 1.76 bits per heavy atom. The van der Waals surface area contributed by atoms with Crippen LogP contribution < -0.4 is 5.32 Å². The standard InChI is InChI=1S/C23H24F3N5O2/c1-30(2)11-15-12-31(22(32)33)13-19(15)27-21-18-6-4-3-5-17(18)20(28-29-21)14-7-9-16(10-8-14)23(24,25)26/h3-10,15,19H,11-13H2,1-2H3,(H,27,29)(H,32,33)/t15-,19-/m1/s1. The number of benzene rings is 2. The molecule has 2 aromatic carbocycles. The van der Waals surface area contributed by atoms with Gasteiger partial charge < -0.3 is 20.2 Å². The summed E-state index contributed by atoms with van der Waals surface area (Å²) >= 11 is 0. The molecule has 1 aromatic heterocycles. The van der Waals surface area contributed by atoms with Crippen LogP contribution in [0.1, 0.15) is 5.56 Å². The summed E-state index contributed by atoms with van der Waals surface area (Å²) in [7, 11) is 3.88. The van der Waals surface area contributed by atoms with E-state index in [2.05, 4.69) is 15.5 Å². The van der Waals surface area contributed by atoms with E-state index in [9.17, 15) is 23.1 Å². The number of aromatic nitrogens is 2. The number of amides is 1. The van der Waals surface area contributed by atoms with E-state index in [1.807, 2.05) is 43.3 Å². The van der Waals surface area contributed by atoms with Gasteiger partial charge in [0, 0.05) is 41.9 Å². The Morgan fingerprint density at radius 1 is 1.09 bits per heavy atom. The van der Waals surface area contributed by atoms with E-state index in [1.54, 1.807) is 0 Å². The van der Waals surface area contributed by atoms with Crippen molar-refractivity contribution in [1.29, 1.82) is 0 Å². The minimum atomic E-state index is -4.41. The van der Waals surface area contributed by atoms with E-state index in [0.29, 0.717) is 36.7 Å². The number of carboxylic acid groups (broad SMARTS) is 1. The van der Waals surface area contributed by atoms with E-state index in [-0.39, 0.29) is 12.0 Å². The van der Waals surface area contributed by atoms with Crippen molar-refractivity contribution in [3.8, 4) is 11.3 Å². The van der Waals surface area contributed by atoms with Crippen LogP contribution in [0.4, 0.5) is 23.8 Å². The highest BCUT2D eigenvalue weighted by Crippen LogP contribution is 2.34. The highest BCUT2D eigenvalue weighted by molar-refractivity contribution is 6.00. The Balaban J connectivity index is 1.67. The third kappa shape index (κ3) is 4.85. The molecule has 0 unspecified atom stereocenters. The van der Waals surface area contributed by atoms with Crippen LogP contribution in [0.25, 0.3) is 22.0 Å². The van der Waals surface area contributed by atoms with Crippen molar-refractivity contribution in [3.05, 3.63) is 54.1 Å². The average Bonchev–Trinajstić information content (AvgIpc) is 3.15. The van der Waals surface area contributed by atoms with Crippen molar-refractivity contribution >= 4 is 22.7 Å². The van der Waals surface area contributed by atoms with Gasteiger partial charge in [-0.1, -0.05) is 36.4 Å². The molecular formula is C23H24F3N5O2. The number of likely N-dealkylation sites (tertiary alicyclic amines) is 1. The molecule has 3 aromatic rings. The average molecular weight is 459 g/mol. The fourth-order valence-electron chi connectivity index (χ4n) is 4.26. The van der Waals surface area contributed by atoms with Crippen molar-refractivity contribution in [2.75, 3.05) is 39.0 Å². The van der Waals surface area contributed by atoms with Gasteiger partial charge in [-0.15, -0.1) is 10.2 Å². The Hall–Kier alpha value is -3.40. The molecule has 10 heteroatoms. The summed E-state index contributed by atoms with van der Waals surface area (Å²) < 4.78 is 38.8. The molecule has 4 rings (SSSR count). The van der Waals surface area contributed by atoms with Crippen molar-refractivity contribution < 1.29 is 23.1 Å². The summed E-state index contributed by atoms with van der Waals surface area (Å²) in [5.74, 6) is 0.577. The summed E-state index contributed by atoms with van der Waals surface area (Å²) in [4.78, 5) is 14.9. The molecule has 1 fully saturated rings. The Kier molecular flexibility index (Phi) is 6.11. The molecule has 0 aliphatic carbocycles. The maximum Gasteiger partial charge on any atom is 0.416 e. The van der Waals surface area contributed by atoms with Gasteiger partial charge in [-0.3, -0.25) is 0 Å². The molecule has 2 heterocycles. The lowest BCUT2D eigenvalue weighted by molar-refractivity contribution is -0.137. The smallest absolute Gasteiger partial charge is 0.416 e. The lowest BCUT2D eigenvalue weighted by Crippen LogP contribution is -2.35. The molecule has 0 saturated carbocycles. The van der Waals surface area contributed by atoms with Crippen molar-refractivity contribution in [1.82, 2.24) is 20.0 Å². The van der Waals surface area contributed by atoms with Crippen LogP contribution in [0, 0.1) is 5.92 Å². The number of rotatable bonds is 5. The van der Waals surface area contributed by atoms with Crippen LogP contribution in [0.15, 0.2) is 48.5 Å². The summed E-state index contributed by atoms with van der Waals surface area (Å²) in [6.45, 7) is 1.45. The second kappa shape index (κ2) is 8.86. The number of halogens is 3. The molecule has 1 saturated heterocycles. The monoisotopic (exact) mass is 459 g/mol. The van der Waals surface area contributed by atoms with Crippen molar-refractivity contribution in [2.45, 2.75) is 12.2 Å². The second-order valence-electron chi connectivity index (χ2n) is 8.48. The number of anilines is 1. The lowest BCUT2D eigenvalue weighted by Gasteiger charge is -2.23. The molecule has 7 nitrogen and oxygen atoms in total. The van der Waals surface area contributed by atoms with Crippen LogP contribution in [0.5, 0.6) is 0 Å². The molecule has 2 atom stereocenters. The van der Waals surface area contributed by atoms with Crippen LogP contribution >= 0.6 is 0 Å². The van der Waals surface area contributed by atoms with Gasteiger partial charge in [0.2, 0.25) is 0 Å². The van der Waals surface area contributed by atoms with Crippen LogP contribution in [-0.4, -0.2) is 71.0 Å². The summed E-state index contributed by atoms with van der Waals surface area (Å²) in [6, 6.07) is 12.1. The van der Waals surface area contributed by atoms with E-state index in [4.69, 9.17) is 0 Å². The maximum atomic E-state index is 12.9. The van der Waals surface area contributed by atoms with E-state index < -0.39 is 17.8 Å². The summed E-state index contributed by atoms with van der Waals surface area (Å²) in [5.41, 5.74) is 0.285. The topological polar surface area (TPSA) is 81.6 Å². The first-order valence-corrected chi connectivity index (χ1v) is 10.5. The normalized spacial score (nSPS) is 18.8. The fourth-order valence-corrected chi connectivity index (χ4v) is 4.26. The van der Waals surface area contributed by atoms with Gasteiger partial charge in [0.1, 0.15) is 5.69 Å². The second-order valence-corrected chi connectivity index (χ2v) is 8.48. The predicted octanol–water partition coefficient (Wildman–Crippen LogP) is 4.27. The highest BCUT2D eigenvalue weighted by Gasteiger charge is 2.36. The molecule has 174 valence electrons. The lowest BCUT2D eigenvalue weighted by atomic mass is 10.0. The van der Waals surface area contributed by atoms with Crippen LogP contribution in [-0.2, 0) is 6.18 Å². The number of alkyl halides is 3. The van der Waals surface area contributed by atoms with Crippen molar-refractivity contribution in [3.63, 3.8) is 0 Å². The van der Waals surface area contributed by atoms with Gasteiger partial charge in [-0.2, -0.15) is 13.2 Å². The Labute approximate surface area is 188 Å². The first-order chi connectivity index (χ1) is 15.6. The van der Waals surface area contributed by atoms with Gasteiger partial charge in [-0.25, -0.2) is 4.79 Å². The maximum absolute atomic E-state index is 12.9. The van der Waals surface area contributed by atoms with Crippen molar-refractivity contribution in [2.24, 2.45) is 5.92 Å². The van der Waals surface area contributed by atoms with E-state index in [1.165, 1.54) is 17.0 Å². The third-order valence-corrected chi connectivity index (χ3v) is 5.81. The van der Waals surface area contributed by atoms with Gasteiger partial charge in [0.15, 0.2) is 5.82 Å². The van der Waals surface area contributed by atoms with Gasteiger partial charge >= 0.3 is 12.3 Å². The fraction of sp³-hybridized carbons (Fsp3) is 0.348. The van der Waals surface area contributed by atoms with Crippen LogP contribution in [0.2, 0.25) is 0 Å². The molecule has 0 radical (unpaired) electrons. The number of carbonyl (C=O) groups is 1. The summed E-state index contributed by atoms with van der Waals surface area (Å²) in [5, 5.41) is 23.0. The predicted molar refractivity (Wildman–Crippen MR) is 119 cm³/mol. The minimum Gasteiger partial charge on any atom is -0.465 e. The zero-order valence-corrected chi connectivity index (χ0v) is 18.2. The van der Waals surface area contributed by atoms with E-state index in [0.717, 1.165) is 22.9 Å². The number of nitrogens with one attached hydrogen (secondary N) is 1. The first-order valence-electron chi connectivity index (χ1n) is 10.5. The number of hydrogen-bond acceptors (Lipinski definition) is 5. The van der Waals surface area contributed by atoms with Gasteiger partial charge in [0.05, 0.1) is 11.6 Å². The number of fused-ring (bicyclic) bond motifs is 1. The molecule has 1 aliphatic rings. The van der Waals surface area contributed by atoms with E-state index >= 15 is 0 Å². The van der Waals surface area contributed by atoms with Crippen LogP contribution in [0.3, 0.4) is 0 Å². The third-order valence-electron chi connectivity index (χ3n) is 5.81. The molecule has 1 amide bonds. The molecule has 0 spiro atoms. The zero-order valence-electron chi connectivity index (χ0n) is 18.2. The number of hydrogen-bond donors (Lipinski definition) is 2. The Bertz CT molecular complexity index is 1150. The highest BCUT2D eigenvalue weighted by atomic mass is 19.4. The SMILES string of the molecule is CN(C)C[C@@H]1CN(C(=O)O)C[C@H]1Nc1nnc(-c2ccc(C(F)(F)F)cc2)c2ccccc12. The minimum absolute atomic E-state index is 0.0613. The number of nitrogens with zero attached hydrogens (tertiary/aromatic N) is 4. The largest absolute Gasteiger partial charge is 0.465 e. The molecule has 1 aliphatic heterocycles. The Morgan fingerprint density at radius 3 is 2.36 bits per heavy atom. The molecule has 0 bridgehead atoms. The summed E-state index contributed by atoms with van der Waals surface area (Å²) in [6.07, 6.45) is -5.37.